The lowest BCUT2D eigenvalue weighted by Crippen LogP contribution is -2.50. The van der Waals surface area contributed by atoms with Crippen molar-refractivity contribution < 1.29 is 4.74 Å². The Balaban J connectivity index is 1.87. The Labute approximate surface area is 126 Å². The van der Waals surface area contributed by atoms with Gasteiger partial charge in [-0.3, -0.25) is 4.68 Å². The van der Waals surface area contributed by atoms with E-state index in [2.05, 4.69) is 42.8 Å². The van der Waals surface area contributed by atoms with Gasteiger partial charge in [-0.1, -0.05) is 18.2 Å². The summed E-state index contributed by atoms with van der Waals surface area (Å²) in [4.78, 5) is 0. The highest BCUT2D eigenvalue weighted by Gasteiger charge is 2.35. The maximum atomic E-state index is 6.48. The Morgan fingerprint density at radius 3 is 2.90 bits per heavy atom. The Morgan fingerprint density at radius 1 is 1.38 bits per heavy atom. The van der Waals surface area contributed by atoms with Crippen LogP contribution in [0.4, 0.5) is 0 Å². The molecule has 2 N–H and O–H groups in total. The minimum Gasteiger partial charge on any atom is -0.374 e. The Morgan fingerprint density at radius 2 is 2.19 bits per heavy atom. The Bertz CT molecular complexity index is 614. The minimum atomic E-state index is -0.213. The van der Waals surface area contributed by atoms with Gasteiger partial charge in [0.05, 0.1) is 16.8 Å². The lowest BCUT2D eigenvalue weighted by Gasteiger charge is -2.38. The molecule has 2 heterocycles. The van der Waals surface area contributed by atoms with Gasteiger partial charge in [0, 0.05) is 31.0 Å². The molecule has 21 heavy (non-hydrogen) atoms. The molecule has 114 valence electrons. The summed E-state index contributed by atoms with van der Waals surface area (Å²) in [5.41, 5.74) is 8.55. The van der Waals surface area contributed by atoms with Crippen LogP contribution in [0.5, 0.6) is 0 Å². The molecule has 0 aliphatic carbocycles. The van der Waals surface area contributed by atoms with Crippen molar-refractivity contribution in [2.45, 2.75) is 57.7 Å². The normalized spacial score (nSPS) is 24.3. The molecule has 3 rings (SSSR count). The number of hydrogen-bond donors (Lipinski definition) is 1. The van der Waals surface area contributed by atoms with E-state index in [9.17, 15) is 0 Å². The van der Waals surface area contributed by atoms with E-state index >= 15 is 0 Å². The number of benzene rings is 1. The molecule has 1 aromatic carbocycles. The quantitative estimate of drug-likeness (QED) is 0.940. The number of rotatable bonds is 4. The Kier molecular flexibility index (Phi) is 4.00. The van der Waals surface area contributed by atoms with Gasteiger partial charge in [-0.2, -0.15) is 5.10 Å². The average molecular weight is 287 g/mol. The first-order chi connectivity index (χ1) is 10.1. The fraction of sp³-hybridized carbons (Fsp3) is 0.588. The van der Waals surface area contributed by atoms with Crippen LogP contribution in [-0.2, 0) is 17.7 Å². The standard InChI is InChI=1S/C17H25N3O/c1-3-20-15-9-5-4-8-13(15)14(19-20)12-16(18)17(2)10-6-7-11-21-17/h4-5,8-9,16H,3,6-7,10-12,18H2,1-2H3. The summed E-state index contributed by atoms with van der Waals surface area (Å²) in [6, 6.07) is 8.38. The molecular weight excluding hydrogens is 262 g/mol. The van der Waals surface area contributed by atoms with Gasteiger partial charge in [-0.25, -0.2) is 0 Å². The van der Waals surface area contributed by atoms with Gasteiger partial charge in [0.15, 0.2) is 0 Å². The highest BCUT2D eigenvalue weighted by molar-refractivity contribution is 5.82. The number of nitrogens with two attached hydrogens (primary N) is 1. The molecule has 1 saturated heterocycles. The van der Waals surface area contributed by atoms with Gasteiger partial charge in [-0.15, -0.1) is 0 Å². The molecule has 1 aliphatic heterocycles. The van der Waals surface area contributed by atoms with Gasteiger partial charge in [0.25, 0.3) is 0 Å². The fourth-order valence-electron chi connectivity index (χ4n) is 3.26. The SMILES string of the molecule is CCn1nc(CC(N)C2(C)CCCCO2)c2ccccc21. The molecular formula is C17H25N3O. The highest BCUT2D eigenvalue weighted by Crippen LogP contribution is 2.29. The molecule has 4 heteroatoms. The average Bonchev–Trinajstić information content (AvgIpc) is 2.86. The largest absolute Gasteiger partial charge is 0.374 e. The first kappa shape index (κ1) is 14.5. The van der Waals surface area contributed by atoms with Crippen molar-refractivity contribution in [2.24, 2.45) is 5.73 Å². The molecule has 1 fully saturated rings. The zero-order valence-electron chi connectivity index (χ0n) is 13.0. The summed E-state index contributed by atoms with van der Waals surface area (Å²) in [5.74, 6) is 0. The monoisotopic (exact) mass is 287 g/mol. The Hall–Kier alpha value is -1.39. The number of hydrogen-bond acceptors (Lipinski definition) is 3. The van der Waals surface area contributed by atoms with Crippen molar-refractivity contribution in [1.82, 2.24) is 9.78 Å². The molecule has 0 spiro atoms. The van der Waals surface area contributed by atoms with Gasteiger partial charge in [0.1, 0.15) is 0 Å². The van der Waals surface area contributed by atoms with Crippen molar-refractivity contribution in [2.75, 3.05) is 6.61 Å². The molecule has 1 aliphatic rings. The third kappa shape index (κ3) is 2.70. The van der Waals surface area contributed by atoms with E-state index in [1.54, 1.807) is 0 Å². The maximum Gasteiger partial charge on any atom is 0.0808 e. The molecule has 2 unspecified atom stereocenters. The van der Waals surface area contributed by atoms with E-state index in [0.29, 0.717) is 0 Å². The molecule has 2 aromatic rings. The lowest BCUT2D eigenvalue weighted by atomic mass is 9.86. The van der Waals surface area contributed by atoms with Crippen LogP contribution >= 0.6 is 0 Å². The van der Waals surface area contributed by atoms with Crippen LogP contribution in [0, 0.1) is 0 Å². The zero-order chi connectivity index (χ0) is 14.9. The van der Waals surface area contributed by atoms with E-state index in [1.807, 2.05) is 0 Å². The van der Waals surface area contributed by atoms with Crippen LogP contribution in [0.15, 0.2) is 24.3 Å². The number of para-hydroxylation sites is 1. The summed E-state index contributed by atoms with van der Waals surface area (Å²) >= 11 is 0. The van der Waals surface area contributed by atoms with E-state index in [-0.39, 0.29) is 11.6 Å². The summed E-state index contributed by atoms with van der Waals surface area (Å²) in [7, 11) is 0. The number of ether oxygens (including phenoxy) is 1. The van der Waals surface area contributed by atoms with Crippen molar-refractivity contribution in [3.8, 4) is 0 Å². The minimum absolute atomic E-state index is 0.0126. The van der Waals surface area contributed by atoms with E-state index in [4.69, 9.17) is 15.6 Å². The van der Waals surface area contributed by atoms with Gasteiger partial charge in [-0.05, 0) is 39.2 Å². The van der Waals surface area contributed by atoms with Crippen molar-refractivity contribution in [1.29, 1.82) is 0 Å². The molecule has 1 aromatic heterocycles. The second-order valence-corrected chi connectivity index (χ2v) is 6.21. The maximum absolute atomic E-state index is 6.48. The number of fused-ring (bicyclic) bond motifs is 1. The summed E-state index contributed by atoms with van der Waals surface area (Å²) in [6.07, 6.45) is 4.16. The summed E-state index contributed by atoms with van der Waals surface area (Å²) in [6.45, 7) is 5.97. The molecule has 0 bridgehead atoms. The van der Waals surface area contributed by atoms with Crippen LogP contribution in [0.25, 0.3) is 10.9 Å². The van der Waals surface area contributed by atoms with E-state index < -0.39 is 0 Å². The van der Waals surface area contributed by atoms with E-state index in [0.717, 1.165) is 38.1 Å². The number of nitrogens with zero attached hydrogens (tertiary/aromatic N) is 2. The molecule has 0 saturated carbocycles. The topological polar surface area (TPSA) is 53.1 Å². The van der Waals surface area contributed by atoms with Crippen LogP contribution in [-0.4, -0.2) is 28.0 Å². The third-order valence-corrected chi connectivity index (χ3v) is 4.73. The molecule has 0 amide bonds. The number of aromatic nitrogens is 2. The fourth-order valence-corrected chi connectivity index (χ4v) is 3.26. The first-order valence-corrected chi connectivity index (χ1v) is 7.98. The molecule has 2 atom stereocenters. The van der Waals surface area contributed by atoms with Crippen LogP contribution < -0.4 is 5.73 Å². The van der Waals surface area contributed by atoms with Crippen molar-refractivity contribution in [3.63, 3.8) is 0 Å². The second kappa shape index (κ2) is 5.78. The van der Waals surface area contributed by atoms with Crippen molar-refractivity contribution in [3.05, 3.63) is 30.0 Å². The van der Waals surface area contributed by atoms with Gasteiger partial charge >= 0.3 is 0 Å². The van der Waals surface area contributed by atoms with E-state index in [1.165, 1.54) is 17.3 Å². The van der Waals surface area contributed by atoms with Gasteiger partial charge in [0.2, 0.25) is 0 Å². The third-order valence-electron chi connectivity index (χ3n) is 4.73. The molecule has 4 nitrogen and oxygen atoms in total. The highest BCUT2D eigenvalue weighted by atomic mass is 16.5. The van der Waals surface area contributed by atoms with Crippen molar-refractivity contribution >= 4 is 10.9 Å². The van der Waals surface area contributed by atoms with Gasteiger partial charge < -0.3 is 10.5 Å². The predicted octanol–water partition coefficient (Wildman–Crippen LogP) is 2.89. The smallest absolute Gasteiger partial charge is 0.0808 e. The summed E-state index contributed by atoms with van der Waals surface area (Å²) in [5, 5.41) is 5.97. The second-order valence-electron chi connectivity index (χ2n) is 6.21. The summed E-state index contributed by atoms with van der Waals surface area (Å²) < 4.78 is 8.04. The van der Waals surface area contributed by atoms with Crippen LogP contribution in [0.3, 0.4) is 0 Å². The van der Waals surface area contributed by atoms with Crippen LogP contribution in [0.2, 0.25) is 0 Å². The predicted molar refractivity (Wildman–Crippen MR) is 85.3 cm³/mol. The lowest BCUT2D eigenvalue weighted by molar-refractivity contribution is -0.0809. The first-order valence-electron chi connectivity index (χ1n) is 7.98. The zero-order valence-corrected chi connectivity index (χ0v) is 13.0. The number of aryl methyl sites for hydroxylation is 1. The van der Waals surface area contributed by atoms with Crippen LogP contribution in [0.1, 0.15) is 38.8 Å². The molecule has 0 radical (unpaired) electrons.